The Kier molecular flexibility index (Phi) is 5.97. The van der Waals surface area contributed by atoms with Crippen molar-refractivity contribution in [3.05, 3.63) is 34.9 Å². The zero-order valence-corrected chi connectivity index (χ0v) is 12.7. The smallest absolute Gasteiger partial charge is 0.157 e. The van der Waals surface area contributed by atoms with Crippen LogP contribution in [-0.4, -0.2) is 33.4 Å². The molecular weight excluding hydrogens is 262 g/mol. The largest absolute Gasteiger partial charge is 0.376 e. The van der Waals surface area contributed by atoms with Crippen molar-refractivity contribution in [1.29, 1.82) is 0 Å². The molecule has 4 nitrogen and oxygen atoms in total. The van der Waals surface area contributed by atoms with E-state index in [4.69, 9.17) is 10.5 Å². The number of sulfone groups is 1. The van der Waals surface area contributed by atoms with Crippen LogP contribution in [0, 0.1) is 13.8 Å². The lowest BCUT2D eigenvalue weighted by Crippen LogP contribution is -2.32. The number of benzene rings is 1. The van der Waals surface area contributed by atoms with E-state index in [9.17, 15) is 8.42 Å². The molecule has 5 heteroatoms. The molecule has 108 valence electrons. The van der Waals surface area contributed by atoms with Crippen LogP contribution in [0.1, 0.15) is 23.6 Å². The molecule has 1 aromatic rings. The third-order valence-electron chi connectivity index (χ3n) is 2.77. The molecule has 0 spiro atoms. The van der Waals surface area contributed by atoms with Crippen molar-refractivity contribution in [2.24, 2.45) is 5.73 Å². The van der Waals surface area contributed by atoms with Gasteiger partial charge in [0, 0.05) is 13.2 Å². The first kappa shape index (κ1) is 16.1. The lowest BCUT2D eigenvalue weighted by Gasteiger charge is -2.15. The van der Waals surface area contributed by atoms with Gasteiger partial charge in [-0.25, -0.2) is 8.42 Å². The second kappa shape index (κ2) is 7.03. The lowest BCUT2D eigenvalue weighted by molar-refractivity contribution is 0.0846. The molecule has 0 aliphatic carbocycles. The summed E-state index contributed by atoms with van der Waals surface area (Å²) in [6.45, 7) is 6.46. The summed E-state index contributed by atoms with van der Waals surface area (Å²) in [6.07, 6.45) is -0.416. The van der Waals surface area contributed by atoms with E-state index in [1.165, 1.54) is 0 Å². The monoisotopic (exact) mass is 285 g/mol. The third kappa shape index (κ3) is 5.72. The average Bonchev–Trinajstić information content (AvgIpc) is 2.25. The van der Waals surface area contributed by atoms with Gasteiger partial charge in [-0.2, -0.15) is 0 Å². The molecule has 19 heavy (non-hydrogen) atoms. The molecule has 1 aromatic carbocycles. The molecule has 0 aliphatic rings. The molecule has 1 unspecified atom stereocenters. The summed E-state index contributed by atoms with van der Waals surface area (Å²) in [4.78, 5) is 0. The first-order valence-electron chi connectivity index (χ1n) is 6.45. The Hall–Kier alpha value is -0.910. The predicted octanol–water partition coefficient (Wildman–Crippen LogP) is 1.58. The van der Waals surface area contributed by atoms with Crippen LogP contribution in [-0.2, 0) is 20.3 Å². The van der Waals surface area contributed by atoms with Crippen molar-refractivity contribution in [3.8, 4) is 0 Å². The molecule has 1 atom stereocenters. The summed E-state index contributed by atoms with van der Waals surface area (Å²) in [5.41, 5.74) is 8.49. The van der Waals surface area contributed by atoms with Crippen LogP contribution >= 0.6 is 0 Å². The van der Waals surface area contributed by atoms with E-state index < -0.39 is 15.9 Å². The van der Waals surface area contributed by atoms with Crippen molar-refractivity contribution >= 4 is 9.84 Å². The van der Waals surface area contributed by atoms with Gasteiger partial charge in [0.25, 0.3) is 0 Å². The highest BCUT2D eigenvalue weighted by atomic mass is 32.2. The van der Waals surface area contributed by atoms with Gasteiger partial charge in [0.15, 0.2) is 9.84 Å². The summed E-state index contributed by atoms with van der Waals surface area (Å²) in [5, 5.41) is 0. The Balaban J connectivity index is 2.78. The Morgan fingerprint density at radius 2 is 1.79 bits per heavy atom. The highest BCUT2D eigenvalue weighted by molar-refractivity contribution is 7.90. The Morgan fingerprint density at radius 1 is 1.21 bits per heavy atom. The number of rotatable bonds is 7. The van der Waals surface area contributed by atoms with Gasteiger partial charge in [-0.1, -0.05) is 29.3 Å². The van der Waals surface area contributed by atoms with E-state index in [0.29, 0.717) is 6.61 Å². The normalized spacial score (nSPS) is 13.5. The van der Waals surface area contributed by atoms with Crippen LogP contribution < -0.4 is 5.73 Å². The van der Waals surface area contributed by atoms with Gasteiger partial charge in [0.1, 0.15) is 0 Å². The number of hydrogen-bond acceptors (Lipinski definition) is 4. The third-order valence-corrected chi connectivity index (χ3v) is 4.43. The van der Waals surface area contributed by atoms with E-state index in [1.807, 2.05) is 39.0 Å². The molecule has 2 N–H and O–H groups in total. The fourth-order valence-corrected chi connectivity index (χ4v) is 3.76. The van der Waals surface area contributed by atoms with Crippen molar-refractivity contribution in [2.75, 3.05) is 18.9 Å². The molecule has 0 radical (unpaired) electrons. The minimum atomic E-state index is -3.21. The predicted molar refractivity (Wildman–Crippen MR) is 77.9 cm³/mol. The second-order valence-electron chi connectivity index (χ2n) is 4.86. The molecule has 0 aromatic heterocycles. The van der Waals surface area contributed by atoms with E-state index in [0.717, 1.165) is 16.7 Å². The summed E-state index contributed by atoms with van der Waals surface area (Å²) in [7, 11) is -3.21. The fraction of sp³-hybridized carbons (Fsp3) is 0.571. The molecule has 0 heterocycles. The molecule has 0 saturated heterocycles. The SMILES string of the molecule is CCOC(CN)CS(=O)(=O)Cc1cc(C)cc(C)c1. The van der Waals surface area contributed by atoms with Gasteiger partial charge in [-0.05, 0) is 26.3 Å². The van der Waals surface area contributed by atoms with Gasteiger partial charge >= 0.3 is 0 Å². The first-order valence-corrected chi connectivity index (χ1v) is 8.27. The molecule has 0 aliphatic heterocycles. The molecule has 0 saturated carbocycles. The first-order chi connectivity index (χ1) is 8.86. The molecule has 0 bridgehead atoms. The lowest BCUT2D eigenvalue weighted by atomic mass is 10.1. The van der Waals surface area contributed by atoms with Crippen LogP contribution in [0.5, 0.6) is 0 Å². The number of ether oxygens (including phenoxy) is 1. The Labute approximate surface area is 115 Å². The Morgan fingerprint density at radius 3 is 2.26 bits per heavy atom. The van der Waals surface area contributed by atoms with Crippen molar-refractivity contribution in [2.45, 2.75) is 32.6 Å². The average molecular weight is 285 g/mol. The summed E-state index contributed by atoms with van der Waals surface area (Å²) >= 11 is 0. The molecule has 0 fully saturated rings. The van der Waals surface area contributed by atoms with Crippen molar-refractivity contribution in [3.63, 3.8) is 0 Å². The van der Waals surface area contributed by atoms with Gasteiger partial charge in [-0.15, -0.1) is 0 Å². The quantitative estimate of drug-likeness (QED) is 0.826. The summed E-state index contributed by atoms with van der Waals surface area (Å²) in [5.74, 6) is 0.0173. The van der Waals surface area contributed by atoms with Crippen LogP contribution in [0.3, 0.4) is 0 Å². The zero-order chi connectivity index (χ0) is 14.5. The van der Waals surface area contributed by atoms with Gasteiger partial charge < -0.3 is 10.5 Å². The maximum atomic E-state index is 12.1. The molecular formula is C14H23NO3S. The van der Waals surface area contributed by atoms with Crippen molar-refractivity contribution < 1.29 is 13.2 Å². The standard InChI is InChI=1S/C14H23NO3S/c1-4-18-14(8-15)10-19(16,17)9-13-6-11(2)5-12(3)7-13/h5-7,14H,4,8-10,15H2,1-3H3. The topological polar surface area (TPSA) is 69.4 Å². The van der Waals surface area contributed by atoms with Crippen LogP contribution in [0.15, 0.2) is 18.2 Å². The molecule has 1 rings (SSSR count). The highest BCUT2D eigenvalue weighted by Crippen LogP contribution is 2.13. The van der Waals surface area contributed by atoms with E-state index >= 15 is 0 Å². The minimum Gasteiger partial charge on any atom is -0.376 e. The van der Waals surface area contributed by atoms with Gasteiger partial charge in [-0.3, -0.25) is 0 Å². The maximum absolute atomic E-state index is 12.1. The van der Waals surface area contributed by atoms with E-state index in [-0.39, 0.29) is 18.1 Å². The summed E-state index contributed by atoms with van der Waals surface area (Å²) < 4.78 is 29.6. The van der Waals surface area contributed by atoms with Crippen LogP contribution in [0.4, 0.5) is 0 Å². The number of nitrogens with two attached hydrogens (primary N) is 1. The van der Waals surface area contributed by atoms with Gasteiger partial charge in [0.2, 0.25) is 0 Å². The minimum absolute atomic E-state index is 0.0235. The van der Waals surface area contributed by atoms with Crippen LogP contribution in [0.25, 0.3) is 0 Å². The van der Waals surface area contributed by atoms with E-state index in [2.05, 4.69) is 0 Å². The van der Waals surface area contributed by atoms with E-state index in [1.54, 1.807) is 0 Å². The highest BCUT2D eigenvalue weighted by Gasteiger charge is 2.19. The number of aryl methyl sites for hydroxylation is 2. The van der Waals surface area contributed by atoms with Crippen LogP contribution in [0.2, 0.25) is 0 Å². The maximum Gasteiger partial charge on any atom is 0.157 e. The van der Waals surface area contributed by atoms with Crippen molar-refractivity contribution in [1.82, 2.24) is 0 Å². The fourth-order valence-electron chi connectivity index (χ4n) is 2.17. The Bertz CT molecular complexity index is 491. The summed E-state index contributed by atoms with van der Waals surface area (Å²) in [6, 6.07) is 5.84. The second-order valence-corrected chi connectivity index (χ2v) is 6.97. The van der Waals surface area contributed by atoms with Gasteiger partial charge in [0.05, 0.1) is 17.6 Å². The number of hydrogen-bond donors (Lipinski definition) is 1. The molecule has 0 amide bonds. The zero-order valence-electron chi connectivity index (χ0n) is 11.8.